The minimum Gasteiger partial charge on any atom is -0.266 e. The van der Waals surface area contributed by atoms with Crippen molar-refractivity contribution in [3.05, 3.63) is 77.6 Å². The fraction of sp³-hybridized carbons (Fsp3) is 0.227. The smallest absolute Gasteiger partial charge is 0.266 e. The second-order valence-electron chi connectivity index (χ2n) is 7.27. The van der Waals surface area contributed by atoms with Crippen LogP contribution < -0.4 is 5.43 Å². The van der Waals surface area contributed by atoms with Crippen LogP contribution in [0.4, 0.5) is 4.39 Å². The fourth-order valence-corrected chi connectivity index (χ4v) is 3.96. The van der Waals surface area contributed by atoms with Gasteiger partial charge in [-0.3, -0.25) is 10.2 Å². The third-order valence-electron chi connectivity index (χ3n) is 5.39. The maximum atomic E-state index is 13.4. The highest BCUT2D eigenvalue weighted by atomic mass is 19.1. The van der Waals surface area contributed by atoms with Gasteiger partial charge in [-0.05, 0) is 62.1 Å². The van der Waals surface area contributed by atoms with Gasteiger partial charge in [-0.1, -0.05) is 18.6 Å². The first kappa shape index (κ1) is 17.6. The lowest BCUT2D eigenvalue weighted by atomic mass is 10.1. The first-order valence-corrected chi connectivity index (χ1v) is 9.81. The summed E-state index contributed by atoms with van der Waals surface area (Å²) in [6.07, 6.45) is 6.44. The molecular weight excluding hydrogens is 369 g/mol. The molecule has 0 fully saturated rings. The maximum Gasteiger partial charge on any atom is 0.290 e. The number of fused-ring (bicyclic) bond motifs is 2. The number of rotatable bonds is 3. The van der Waals surface area contributed by atoms with Crippen LogP contribution in [0.25, 0.3) is 16.7 Å². The Kier molecular flexibility index (Phi) is 4.35. The Balaban J connectivity index is 1.55. The van der Waals surface area contributed by atoms with Crippen molar-refractivity contribution < 1.29 is 9.18 Å². The van der Waals surface area contributed by atoms with E-state index >= 15 is 0 Å². The average molecular weight is 389 g/mol. The number of amides is 1. The summed E-state index contributed by atoms with van der Waals surface area (Å²) in [6.45, 7) is 0. The summed E-state index contributed by atoms with van der Waals surface area (Å²) in [4.78, 5) is 17.5. The monoisotopic (exact) mass is 389 g/mol. The van der Waals surface area contributed by atoms with Gasteiger partial charge in [0.05, 0.1) is 16.7 Å². The number of aromatic nitrogens is 4. The van der Waals surface area contributed by atoms with E-state index in [0.29, 0.717) is 5.69 Å². The maximum absolute atomic E-state index is 13.4. The molecule has 0 bridgehead atoms. The highest BCUT2D eigenvalue weighted by molar-refractivity contribution is 6.00. The van der Waals surface area contributed by atoms with Crippen molar-refractivity contribution in [2.75, 3.05) is 5.43 Å². The fourth-order valence-electron chi connectivity index (χ4n) is 3.96. The number of imidazole rings is 1. The quantitative estimate of drug-likeness (QED) is 0.539. The Morgan fingerprint density at radius 1 is 1.00 bits per heavy atom. The molecule has 29 heavy (non-hydrogen) atoms. The number of nitrogens with zero attached hydrogens (tertiary/aromatic N) is 4. The van der Waals surface area contributed by atoms with Crippen molar-refractivity contribution in [1.82, 2.24) is 19.4 Å². The Morgan fingerprint density at radius 2 is 1.79 bits per heavy atom. The molecule has 0 aliphatic heterocycles. The van der Waals surface area contributed by atoms with Gasteiger partial charge in [0.15, 0.2) is 5.69 Å². The van der Waals surface area contributed by atoms with Crippen molar-refractivity contribution in [2.24, 2.45) is 0 Å². The number of para-hydroxylation sites is 2. The van der Waals surface area contributed by atoms with Gasteiger partial charge < -0.3 is 0 Å². The molecule has 7 heteroatoms. The predicted molar refractivity (Wildman–Crippen MR) is 108 cm³/mol. The zero-order valence-electron chi connectivity index (χ0n) is 15.8. The summed E-state index contributed by atoms with van der Waals surface area (Å²) in [7, 11) is 0. The van der Waals surface area contributed by atoms with Gasteiger partial charge in [-0.15, -0.1) is 0 Å². The number of nitrogens with one attached hydrogen (secondary N) is 1. The van der Waals surface area contributed by atoms with Crippen LogP contribution in [0.3, 0.4) is 0 Å². The number of carbonyl (C=O) groups excluding carboxylic acids is 1. The van der Waals surface area contributed by atoms with E-state index in [1.807, 2.05) is 24.3 Å². The molecule has 0 atom stereocenters. The third-order valence-corrected chi connectivity index (χ3v) is 5.39. The zero-order chi connectivity index (χ0) is 19.8. The van der Waals surface area contributed by atoms with Crippen LogP contribution in [-0.4, -0.2) is 25.3 Å². The van der Waals surface area contributed by atoms with Gasteiger partial charge >= 0.3 is 0 Å². The minimum absolute atomic E-state index is 0.271. The molecule has 5 rings (SSSR count). The molecule has 146 valence electrons. The molecule has 4 aromatic rings. The Morgan fingerprint density at radius 3 is 2.66 bits per heavy atom. The van der Waals surface area contributed by atoms with Crippen LogP contribution in [-0.2, 0) is 12.8 Å². The molecule has 1 aliphatic carbocycles. The largest absolute Gasteiger partial charge is 0.290 e. The molecule has 1 N–H and O–H groups in total. The summed E-state index contributed by atoms with van der Waals surface area (Å²) in [5, 5.41) is 4.64. The normalized spacial score (nSPS) is 13.8. The molecule has 0 saturated carbocycles. The van der Waals surface area contributed by atoms with Crippen molar-refractivity contribution in [3.8, 4) is 5.69 Å². The van der Waals surface area contributed by atoms with E-state index in [2.05, 4.69) is 15.5 Å². The Bertz CT molecular complexity index is 1190. The van der Waals surface area contributed by atoms with Crippen molar-refractivity contribution in [3.63, 3.8) is 0 Å². The van der Waals surface area contributed by atoms with Crippen LogP contribution in [0.5, 0.6) is 0 Å². The molecule has 0 radical (unpaired) electrons. The predicted octanol–water partition coefficient (Wildman–Crippen LogP) is 4.01. The van der Waals surface area contributed by atoms with Gasteiger partial charge in [-0.25, -0.2) is 18.7 Å². The first-order valence-electron chi connectivity index (χ1n) is 9.81. The topological polar surface area (TPSA) is 64.7 Å². The molecule has 2 aromatic heterocycles. The van der Waals surface area contributed by atoms with Gasteiger partial charge in [-0.2, -0.15) is 5.10 Å². The standard InChI is InChI=1S/C22H20FN5O/c23-15-10-12-16(13-11-15)28-19-8-3-1-2-6-17(19)21(25-28)22(29)26-27-14-24-18-7-4-5-9-20(18)27/h4-5,7,9-14H,1-3,6,8H2,(H,26,29). The summed E-state index contributed by atoms with van der Waals surface area (Å²) in [5.74, 6) is -0.566. The lowest BCUT2D eigenvalue weighted by Crippen LogP contribution is -2.23. The minimum atomic E-state index is -0.294. The van der Waals surface area contributed by atoms with E-state index in [-0.39, 0.29) is 11.7 Å². The highest BCUT2D eigenvalue weighted by Gasteiger charge is 2.25. The van der Waals surface area contributed by atoms with Gasteiger partial charge in [0.2, 0.25) is 0 Å². The van der Waals surface area contributed by atoms with Crippen LogP contribution in [0.2, 0.25) is 0 Å². The molecule has 1 amide bonds. The Labute approximate surface area is 167 Å². The molecule has 6 nitrogen and oxygen atoms in total. The van der Waals surface area contributed by atoms with E-state index in [4.69, 9.17) is 0 Å². The summed E-state index contributed by atoms with van der Waals surface area (Å²) in [5.41, 5.74) is 7.74. The van der Waals surface area contributed by atoms with Gasteiger partial charge in [0.25, 0.3) is 5.91 Å². The molecule has 1 aliphatic rings. The lowest BCUT2D eigenvalue weighted by Gasteiger charge is -2.07. The SMILES string of the molecule is O=C(Nn1cnc2ccccc21)c1nn(-c2ccc(F)cc2)c2c1CCCCC2. The number of hydrogen-bond acceptors (Lipinski definition) is 3. The van der Waals surface area contributed by atoms with E-state index in [1.54, 1.807) is 27.8 Å². The van der Waals surface area contributed by atoms with Crippen LogP contribution in [0.1, 0.15) is 41.0 Å². The summed E-state index contributed by atoms with van der Waals surface area (Å²) >= 11 is 0. The molecule has 0 unspecified atom stereocenters. The van der Waals surface area contributed by atoms with Crippen LogP contribution >= 0.6 is 0 Å². The number of carbonyl (C=O) groups is 1. The van der Waals surface area contributed by atoms with Crippen LogP contribution in [0.15, 0.2) is 54.9 Å². The van der Waals surface area contributed by atoms with Crippen molar-refractivity contribution >= 4 is 16.9 Å². The number of halogens is 1. The second kappa shape index (κ2) is 7.16. The second-order valence-corrected chi connectivity index (χ2v) is 7.27. The molecular formula is C22H20FN5O. The van der Waals surface area contributed by atoms with Gasteiger partial charge in [0.1, 0.15) is 12.1 Å². The van der Waals surface area contributed by atoms with E-state index in [1.165, 1.54) is 12.1 Å². The van der Waals surface area contributed by atoms with Crippen LogP contribution in [0, 0.1) is 5.82 Å². The average Bonchev–Trinajstić information content (AvgIpc) is 3.21. The van der Waals surface area contributed by atoms with Gasteiger partial charge in [0, 0.05) is 11.3 Å². The van der Waals surface area contributed by atoms with Crippen molar-refractivity contribution in [1.29, 1.82) is 0 Å². The zero-order valence-corrected chi connectivity index (χ0v) is 15.8. The summed E-state index contributed by atoms with van der Waals surface area (Å²) in [6, 6.07) is 13.8. The number of benzene rings is 2. The molecule has 2 heterocycles. The van der Waals surface area contributed by atoms with Crippen molar-refractivity contribution in [2.45, 2.75) is 32.1 Å². The molecule has 0 saturated heterocycles. The Hall–Kier alpha value is -3.48. The van der Waals surface area contributed by atoms with E-state index in [9.17, 15) is 9.18 Å². The van der Waals surface area contributed by atoms with E-state index in [0.717, 1.165) is 60.1 Å². The first-order chi connectivity index (χ1) is 14.2. The molecule has 2 aromatic carbocycles. The highest BCUT2D eigenvalue weighted by Crippen LogP contribution is 2.27. The third kappa shape index (κ3) is 3.18. The summed E-state index contributed by atoms with van der Waals surface area (Å²) < 4.78 is 16.8. The lowest BCUT2D eigenvalue weighted by molar-refractivity contribution is 0.100. The van der Waals surface area contributed by atoms with E-state index < -0.39 is 0 Å². The molecule has 0 spiro atoms. The number of hydrogen-bond donors (Lipinski definition) is 1.